The normalized spacial score (nSPS) is 18.9. The lowest BCUT2D eigenvalue weighted by atomic mass is 9.93. The third-order valence-corrected chi connectivity index (χ3v) is 4.81. The number of rotatable bonds is 7. The molecule has 1 aliphatic heterocycles. The summed E-state index contributed by atoms with van der Waals surface area (Å²) in [6.45, 7) is 1.51. The van der Waals surface area contributed by atoms with E-state index >= 15 is 0 Å². The number of hydrogen-bond acceptors (Lipinski definition) is 3. The minimum absolute atomic E-state index is 0.189. The molecule has 2 N–H and O–H groups in total. The first-order valence-corrected chi connectivity index (χ1v) is 9.06. The Hall–Kier alpha value is -3.22. The van der Waals surface area contributed by atoms with Gasteiger partial charge in [-0.2, -0.15) is 0 Å². The smallest absolute Gasteiger partial charge is 0.325 e. The molecule has 2 aromatic rings. The number of aryl methyl sites for hydroxylation is 1. The highest BCUT2D eigenvalue weighted by atomic mass is 19.1. The molecule has 0 radical (unpaired) electrons. The van der Waals surface area contributed by atoms with Gasteiger partial charge >= 0.3 is 6.03 Å². The Morgan fingerprint density at radius 3 is 2.43 bits per heavy atom. The summed E-state index contributed by atoms with van der Waals surface area (Å²) in [6, 6.07) is 14.8. The monoisotopic (exact) mass is 383 g/mol. The molecule has 0 saturated carbocycles. The zero-order valence-electron chi connectivity index (χ0n) is 15.6. The van der Waals surface area contributed by atoms with Gasteiger partial charge in [-0.15, -0.1) is 0 Å². The van der Waals surface area contributed by atoms with Crippen molar-refractivity contribution in [3.63, 3.8) is 0 Å². The van der Waals surface area contributed by atoms with Crippen molar-refractivity contribution in [1.29, 1.82) is 0 Å². The fraction of sp³-hybridized carbons (Fsp3) is 0.286. The predicted octanol–water partition coefficient (Wildman–Crippen LogP) is 2.39. The highest BCUT2D eigenvalue weighted by Crippen LogP contribution is 2.23. The van der Waals surface area contributed by atoms with E-state index in [9.17, 15) is 18.8 Å². The van der Waals surface area contributed by atoms with Gasteiger partial charge in [-0.05, 0) is 43.0 Å². The Balaban J connectivity index is 1.55. The van der Waals surface area contributed by atoms with E-state index in [0.717, 1.165) is 16.0 Å². The van der Waals surface area contributed by atoms with Gasteiger partial charge in [-0.25, -0.2) is 9.18 Å². The van der Waals surface area contributed by atoms with E-state index in [1.54, 1.807) is 19.1 Å². The van der Waals surface area contributed by atoms with E-state index in [-0.39, 0.29) is 18.9 Å². The van der Waals surface area contributed by atoms with Crippen molar-refractivity contribution in [2.45, 2.75) is 31.8 Å². The first kappa shape index (κ1) is 19.5. The SMILES string of the molecule is CC1(CCc2ccccc2)NC(=O)N(CC(=O)NCc2ccc(F)cc2)C1=O. The Labute approximate surface area is 162 Å². The molecule has 6 nitrogen and oxygen atoms in total. The standard InChI is InChI=1S/C21H22FN3O3/c1-21(12-11-15-5-3-2-4-6-15)19(27)25(20(28)24-21)14-18(26)23-13-16-7-9-17(22)10-8-16/h2-10H,11-14H2,1H3,(H,23,26)(H,24,28). The van der Waals surface area contributed by atoms with Crippen LogP contribution < -0.4 is 10.6 Å². The number of halogens is 1. The maximum absolute atomic E-state index is 12.9. The Kier molecular flexibility index (Phi) is 5.73. The van der Waals surface area contributed by atoms with Crippen molar-refractivity contribution in [3.05, 3.63) is 71.5 Å². The number of nitrogens with zero attached hydrogens (tertiary/aromatic N) is 1. The number of carbonyl (C=O) groups excluding carboxylic acids is 3. The van der Waals surface area contributed by atoms with Crippen LogP contribution in [0.25, 0.3) is 0 Å². The molecule has 0 aliphatic carbocycles. The highest BCUT2D eigenvalue weighted by molar-refractivity contribution is 6.08. The number of amides is 4. The molecular weight excluding hydrogens is 361 g/mol. The number of benzene rings is 2. The molecule has 7 heteroatoms. The zero-order valence-corrected chi connectivity index (χ0v) is 15.6. The molecule has 1 saturated heterocycles. The van der Waals surface area contributed by atoms with Crippen molar-refractivity contribution in [2.24, 2.45) is 0 Å². The summed E-state index contributed by atoms with van der Waals surface area (Å²) in [5, 5.41) is 5.34. The van der Waals surface area contributed by atoms with Gasteiger partial charge < -0.3 is 10.6 Å². The van der Waals surface area contributed by atoms with Crippen LogP contribution in [0.2, 0.25) is 0 Å². The van der Waals surface area contributed by atoms with Crippen LogP contribution in [0.1, 0.15) is 24.5 Å². The van der Waals surface area contributed by atoms with Crippen molar-refractivity contribution < 1.29 is 18.8 Å². The Morgan fingerprint density at radius 2 is 1.75 bits per heavy atom. The van der Waals surface area contributed by atoms with E-state index in [2.05, 4.69) is 10.6 Å². The van der Waals surface area contributed by atoms with Crippen LogP contribution in [0.5, 0.6) is 0 Å². The molecule has 146 valence electrons. The van der Waals surface area contributed by atoms with E-state index in [1.165, 1.54) is 12.1 Å². The molecule has 1 atom stereocenters. The quantitative estimate of drug-likeness (QED) is 0.721. The summed E-state index contributed by atoms with van der Waals surface area (Å²) in [4.78, 5) is 38.1. The molecule has 1 heterocycles. The second-order valence-corrected chi connectivity index (χ2v) is 7.04. The fourth-order valence-corrected chi connectivity index (χ4v) is 3.10. The van der Waals surface area contributed by atoms with Crippen molar-refractivity contribution >= 4 is 17.8 Å². The number of carbonyl (C=O) groups is 3. The van der Waals surface area contributed by atoms with Crippen LogP contribution >= 0.6 is 0 Å². The first-order valence-electron chi connectivity index (χ1n) is 9.06. The van der Waals surface area contributed by atoms with Crippen LogP contribution in [0.4, 0.5) is 9.18 Å². The molecule has 4 amide bonds. The summed E-state index contributed by atoms with van der Waals surface area (Å²) >= 11 is 0. The van der Waals surface area contributed by atoms with Crippen LogP contribution in [0.15, 0.2) is 54.6 Å². The highest BCUT2D eigenvalue weighted by Gasteiger charge is 2.47. The van der Waals surface area contributed by atoms with Gasteiger partial charge in [0, 0.05) is 6.54 Å². The predicted molar refractivity (Wildman–Crippen MR) is 102 cm³/mol. The van der Waals surface area contributed by atoms with E-state index in [1.807, 2.05) is 30.3 Å². The molecule has 3 rings (SSSR count). The van der Waals surface area contributed by atoms with E-state index < -0.39 is 23.4 Å². The molecule has 0 aromatic heterocycles. The molecule has 1 unspecified atom stereocenters. The average molecular weight is 383 g/mol. The number of imide groups is 1. The molecule has 1 aliphatic rings. The van der Waals surface area contributed by atoms with Crippen molar-refractivity contribution in [2.75, 3.05) is 6.54 Å². The minimum Gasteiger partial charge on any atom is -0.350 e. The minimum atomic E-state index is -1.04. The summed E-state index contributed by atoms with van der Waals surface area (Å²) in [6.07, 6.45) is 1.07. The Bertz CT molecular complexity index is 870. The van der Waals surface area contributed by atoms with Gasteiger partial charge in [-0.3, -0.25) is 14.5 Å². The number of urea groups is 1. The van der Waals surface area contributed by atoms with Crippen LogP contribution in [-0.2, 0) is 22.6 Å². The van der Waals surface area contributed by atoms with Crippen LogP contribution in [-0.4, -0.2) is 34.8 Å². The fourth-order valence-electron chi connectivity index (χ4n) is 3.10. The van der Waals surface area contributed by atoms with Crippen LogP contribution in [0, 0.1) is 5.82 Å². The van der Waals surface area contributed by atoms with E-state index in [0.29, 0.717) is 12.8 Å². The summed E-state index contributed by atoms with van der Waals surface area (Å²) in [5.74, 6) is -1.23. The lowest BCUT2D eigenvalue weighted by molar-refractivity contribution is -0.134. The van der Waals surface area contributed by atoms with Gasteiger partial charge in [0.25, 0.3) is 5.91 Å². The largest absolute Gasteiger partial charge is 0.350 e. The molecule has 1 fully saturated rings. The van der Waals surface area contributed by atoms with Crippen LogP contribution in [0.3, 0.4) is 0 Å². The molecule has 28 heavy (non-hydrogen) atoms. The zero-order chi connectivity index (χ0) is 20.1. The third-order valence-electron chi connectivity index (χ3n) is 4.81. The molecule has 2 aromatic carbocycles. The molecular formula is C21H22FN3O3. The second kappa shape index (κ2) is 8.21. The van der Waals surface area contributed by atoms with E-state index in [4.69, 9.17) is 0 Å². The molecule has 0 spiro atoms. The number of hydrogen-bond donors (Lipinski definition) is 2. The average Bonchev–Trinajstić information content (AvgIpc) is 2.90. The van der Waals surface area contributed by atoms with Crippen molar-refractivity contribution in [3.8, 4) is 0 Å². The summed E-state index contributed by atoms with van der Waals surface area (Å²) in [5.41, 5.74) is 0.755. The summed E-state index contributed by atoms with van der Waals surface area (Å²) in [7, 11) is 0. The van der Waals surface area contributed by atoms with Gasteiger partial charge in [0.05, 0.1) is 0 Å². The lowest BCUT2D eigenvalue weighted by Crippen LogP contribution is -2.45. The Morgan fingerprint density at radius 1 is 1.07 bits per heavy atom. The maximum Gasteiger partial charge on any atom is 0.325 e. The lowest BCUT2D eigenvalue weighted by Gasteiger charge is -2.21. The summed E-state index contributed by atoms with van der Waals surface area (Å²) < 4.78 is 12.9. The number of nitrogens with one attached hydrogen (secondary N) is 2. The maximum atomic E-state index is 12.9. The topological polar surface area (TPSA) is 78.5 Å². The van der Waals surface area contributed by atoms with Gasteiger partial charge in [0.15, 0.2) is 0 Å². The van der Waals surface area contributed by atoms with Gasteiger partial charge in [0.1, 0.15) is 17.9 Å². The van der Waals surface area contributed by atoms with Crippen molar-refractivity contribution in [1.82, 2.24) is 15.5 Å². The van der Waals surface area contributed by atoms with Gasteiger partial charge in [-0.1, -0.05) is 42.5 Å². The second-order valence-electron chi connectivity index (χ2n) is 7.04. The first-order chi connectivity index (χ1) is 13.4. The molecule has 0 bridgehead atoms. The third kappa shape index (κ3) is 4.54. The van der Waals surface area contributed by atoms with Gasteiger partial charge in [0.2, 0.25) is 5.91 Å².